The molecule has 0 spiro atoms. The van der Waals surface area contributed by atoms with Crippen molar-refractivity contribution < 1.29 is 4.39 Å². The molecule has 1 aromatic carbocycles. The summed E-state index contributed by atoms with van der Waals surface area (Å²) in [6.07, 6.45) is 1.67. The van der Waals surface area contributed by atoms with Crippen LogP contribution in [-0.2, 0) is 0 Å². The van der Waals surface area contributed by atoms with E-state index in [1.165, 1.54) is 6.07 Å². The SMILES string of the molecule is C=CCNC(=S)NNC(=S)Nc1ccccc1F. The Bertz CT molecular complexity index is 450. The summed E-state index contributed by atoms with van der Waals surface area (Å²) >= 11 is 9.90. The van der Waals surface area contributed by atoms with Gasteiger partial charge >= 0.3 is 0 Å². The van der Waals surface area contributed by atoms with Gasteiger partial charge in [-0.05, 0) is 36.6 Å². The van der Waals surface area contributed by atoms with Crippen molar-refractivity contribution in [2.45, 2.75) is 0 Å². The molecule has 0 amide bonds. The van der Waals surface area contributed by atoms with Gasteiger partial charge < -0.3 is 10.6 Å². The highest BCUT2D eigenvalue weighted by Gasteiger charge is 2.02. The van der Waals surface area contributed by atoms with Crippen molar-refractivity contribution >= 4 is 40.3 Å². The zero-order valence-corrected chi connectivity index (χ0v) is 11.1. The quantitative estimate of drug-likeness (QED) is 0.385. The predicted octanol–water partition coefficient (Wildman–Crippen LogP) is 1.68. The first kappa shape index (κ1) is 14.3. The molecule has 4 nitrogen and oxygen atoms in total. The molecule has 0 saturated heterocycles. The van der Waals surface area contributed by atoms with Crippen LogP contribution >= 0.6 is 24.4 Å². The van der Waals surface area contributed by atoms with Crippen molar-refractivity contribution in [2.24, 2.45) is 0 Å². The zero-order chi connectivity index (χ0) is 13.4. The number of hydrogen-bond acceptors (Lipinski definition) is 2. The standard InChI is InChI=1S/C11H13FN4S2/c1-2-7-13-10(17)15-16-11(18)14-9-6-4-3-5-8(9)12/h2-6H,1,7H2,(H2,13,15,17)(H2,14,16,18). The number of hydrazine groups is 1. The number of hydrogen-bond donors (Lipinski definition) is 4. The minimum absolute atomic E-state index is 0.211. The minimum Gasteiger partial charge on any atom is -0.358 e. The lowest BCUT2D eigenvalue weighted by atomic mass is 10.3. The molecule has 1 aromatic rings. The van der Waals surface area contributed by atoms with Gasteiger partial charge in [0.25, 0.3) is 0 Å². The summed E-state index contributed by atoms with van der Waals surface area (Å²) in [7, 11) is 0. The molecule has 0 aromatic heterocycles. The third-order valence-electron chi connectivity index (χ3n) is 1.82. The van der Waals surface area contributed by atoms with Crippen molar-refractivity contribution in [3.63, 3.8) is 0 Å². The summed E-state index contributed by atoms with van der Waals surface area (Å²) in [4.78, 5) is 0. The van der Waals surface area contributed by atoms with Crippen LogP contribution in [0.1, 0.15) is 0 Å². The number of benzene rings is 1. The Hall–Kier alpha value is -1.73. The van der Waals surface area contributed by atoms with Gasteiger partial charge in [0, 0.05) is 6.54 Å². The van der Waals surface area contributed by atoms with E-state index in [4.69, 9.17) is 24.4 Å². The second-order valence-corrected chi connectivity index (χ2v) is 4.00. The van der Waals surface area contributed by atoms with Gasteiger partial charge in [0.2, 0.25) is 0 Å². The molecule has 0 atom stereocenters. The van der Waals surface area contributed by atoms with Gasteiger partial charge in [-0.25, -0.2) is 4.39 Å². The Kier molecular flexibility index (Phi) is 6.03. The van der Waals surface area contributed by atoms with E-state index in [-0.39, 0.29) is 10.9 Å². The highest BCUT2D eigenvalue weighted by atomic mass is 32.1. The van der Waals surface area contributed by atoms with Crippen LogP contribution in [0.5, 0.6) is 0 Å². The molecule has 0 bridgehead atoms. The van der Waals surface area contributed by atoms with E-state index in [1.807, 2.05) is 0 Å². The number of rotatable bonds is 3. The average molecular weight is 284 g/mol. The predicted molar refractivity (Wildman–Crippen MR) is 79.7 cm³/mol. The van der Waals surface area contributed by atoms with Gasteiger partial charge in [-0.15, -0.1) is 6.58 Å². The van der Waals surface area contributed by atoms with E-state index in [0.717, 1.165) is 0 Å². The average Bonchev–Trinajstić information content (AvgIpc) is 2.36. The minimum atomic E-state index is -0.381. The van der Waals surface area contributed by atoms with E-state index < -0.39 is 0 Å². The largest absolute Gasteiger partial charge is 0.358 e. The second-order valence-electron chi connectivity index (χ2n) is 3.18. The molecule has 0 aliphatic rings. The fourth-order valence-electron chi connectivity index (χ4n) is 1.04. The first-order valence-electron chi connectivity index (χ1n) is 5.09. The molecule has 0 fully saturated rings. The Balaban J connectivity index is 2.36. The Morgan fingerprint density at radius 1 is 1.22 bits per heavy atom. The van der Waals surface area contributed by atoms with Crippen LogP contribution in [0.4, 0.5) is 10.1 Å². The number of anilines is 1. The van der Waals surface area contributed by atoms with Gasteiger partial charge in [-0.2, -0.15) is 0 Å². The molecule has 1 rings (SSSR count). The first-order valence-corrected chi connectivity index (χ1v) is 5.91. The first-order chi connectivity index (χ1) is 8.63. The van der Waals surface area contributed by atoms with Crippen LogP contribution in [-0.4, -0.2) is 16.8 Å². The maximum atomic E-state index is 13.3. The van der Waals surface area contributed by atoms with Crippen molar-refractivity contribution in [1.82, 2.24) is 16.2 Å². The van der Waals surface area contributed by atoms with Crippen molar-refractivity contribution in [2.75, 3.05) is 11.9 Å². The van der Waals surface area contributed by atoms with Gasteiger partial charge in [0.15, 0.2) is 10.2 Å². The Morgan fingerprint density at radius 3 is 2.56 bits per heavy atom. The molecule has 0 unspecified atom stereocenters. The summed E-state index contributed by atoms with van der Waals surface area (Å²) in [6, 6.07) is 6.23. The van der Waals surface area contributed by atoms with Crippen LogP contribution in [0.15, 0.2) is 36.9 Å². The number of halogens is 1. The Labute approximate surface area is 116 Å². The second kappa shape index (κ2) is 7.57. The lowest BCUT2D eigenvalue weighted by Crippen LogP contribution is -2.48. The monoisotopic (exact) mass is 284 g/mol. The van der Waals surface area contributed by atoms with Crippen molar-refractivity contribution in [3.8, 4) is 0 Å². The van der Waals surface area contributed by atoms with Crippen molar-refractivity contribution in [1.29, 1.82) is 0 Å². The molecular formula is C11H13FN4S2. The van der Waals surface area contributed by atoms with Gasteiger partial charge in [-0.1, -0.05) is 18.2 Å². The van der Waals surface area contributed by atoms with Crippen molar-refractivity contribution in [3.05, 3.63) is 42.7 Å². The van der Waals surface area contributed by atoms with Crippen LogP contribution in [0.2, 0.25) is 0 Å². The van der Waals surface area contributed by atoms with E-state index in [9.17, 15) is 4.39 Å². The molecule has 0 heterocycles. The maximum Gasteiger partial charge on any atom is 0.189 e. The number of thiocarbonyl (C=S) groups is 2. The van der Waals surface area contributed by atoms with Crippen LogP contribution < -0.4 is 21.5 Å². The molecule has 0 saturated carbocycles. The highest BCUT2D eigenvalue weighted by molar-refractivity contribution is 7.80. The van der Waals surface area contributed by atoms with Gasteiger partial charge in [-0.3, -0.25) is 10.9 Å². The smallest absolute Gasteiger partial charge is 0.189 e. The van der Waals surface area contributed by atoms with E-state index >= 15 is 0 Å². The van der Waals surface area contributed by atoms with Crippen LogP contribution in [0.25, 0.3) is 0 Å². The molecular weight excluding hydrogens is 271 g/mol. The molecule has 96 valence electrons. The summed E-state index contributed by atoms with van der Waals surface area (Å²) < 4.78 is 13.3. The van der Waals surface area contributed by atoms with E-state index in [2.05, 4.69) is 28.1 Å². The lowest BCUT2D eigenvalue weighted by Gasteiger charge is -2.13. The molecule has 7 heteroatoms. The molecule has 0 aliphatic heterocycles. The fraction of sp³-hybridized carbons (Fsp3) is 0.0909. The number of nitrogens with one attached hydrogen (secondary N) is 4. The normalized spacial score (nSPS) is 9.17. The Morgan fingerprint density at radius 2 is 1.89 bits per heavy atom. The van der Waals surface area contributed by atoms with Crippen LogP contribution in [0.3, 0.4) is 0 Å². The lowest BCUT2D eigenvalue weighted by molar-refractivity contribution is 0.632. The van der Waals surface area contributed by atoms with E-state index in [1.54, 1.807) is 24.3 Å². The van der Waals surface area contributed by atoms with E-state index in [0.29, 0.717) is 17.3 Å². The number of para-hydroxylation sites is 1. The van der Waals surface area contributed by atoms with Gasteiger partial charge in [0.1, 0.15) is 5.82 Å². The van der Waals surface area contributed by atoms with Gasteiger partial charge in [0.05, 0.1) is 5.69 Å². The molecule has 18 heavy (non-hydrogen) atoms. The summed E-state index contributed by atoms with van der Waals surface area (Å²) in [5.74, 6) is -0.381. The molecule has 0 aliphatic carbocycles. The van der Waals surface area contributed by atoms with Crippen LogP contribution in [0, 0.1) is 5.82 Å². The molecule has 4 N–H and O–H groups in total. The summed E-state index contributed by atoms with van der Waals surface area (Å²) in [5, 5.41) is 6.12. The maximum absolute atomic E-state index is 13.3. The zero-order valence-electron chi connectivity index (χ0n) is 9.50. The summed E-state index contributed by atoms with van der Waals surface area (Å²) in [6.45, 7) is 4.09. The third kappa shape index (κ3) is 5.07. The third-order valence-corrected chi connectivity index (χ3v) is 2.27. The molecule has 0 radical (unpaired) electrons. The highest BCUT2D eigenvalue weighted by Crippen LogP contribution is 2.11. The fourth-order valence-corrected chi connectivity index (χ4v) is 1.33. The summed E-state index contributed by atoms with van der Waals surface area (Å²) in [5.41, 5.74) is 5.58. The topological polar surface area (TPSA) is 48.1 Å².